The van der Waals surface area contributed by atoms with Crippen LogP contribution in [0.5, 0.6) is 0 Å². The molecule has 0 bridgehead atoms. The van der Waals surface area contributed by atoms with Gasteiger partial charge in [-0.15, -0.1) is 23.7 Å². The van der Waals surface area contributed by atoms with Crippen molar-refractivity contribution in [3.8, 4) is 0 Å². The van der Waals surface area contributed by atoms with Gasteiger partial charge >= 0.3 is 0 Å². The summed E-state index contributed by atoms with van der Waals surface area (Å²) in [6, 6.07) is 1.36. The molecule has 1 aromatic heterocycles. The Morgan fingerprint density at radius 1 is 1.39 bits per heavy atom. The molecule has 0 amide bonds. The summed E-state index contributed by atoms with van der Waals surface area (Å²) in [5, 5.41) is 0.687. The molecule has 0 aromatic carbocycles. The first-order chi connectivity index (χ1) is 8.16. The van der Waals surface area contributed by atoms with Crippen molar-refractivity contribution in [2.45, 2.75) is 64.6 Å². The Bertz CT molecular complexity index is 348. The van der Waals surface area contributed by atoms with Crippen LogP contribution < -0.4 is 5.73 Å². The summed E-state index contributed by atoms with van der Waals surface area (Å²) in [5.41, 5.74) is 5.70. The lowest BCUT2D eigenvalue weighted by Crippen LogP contribution is -2.40. The third-order valence-corrected chi connectivity index (χ3v) is 4.43. The third-order valence-electron chi connectivity index (χ3n) is 3.62. The second kappa shape index (κ2) is 7.31. The molecule has 0 spiro atoms. The minimum absolute atomic E-state index is 0. The minimum Gasteiger partial charge on any atom is -0.375 e. The molecular weight excluding hydrogens is 266 g/mol. The van der Waals surface area contributed by atoms with E-state index < -0.39 is 0 Å². The molecule has 3 nitrogen and oxygen atoms in total. The Hall–Kier alpha value is -0.320. The zero-order chi connectivity index (χ0) is 12.3. The maximum Gasteiger partial charge on any atom is 0.180 e. The van der Waals surface area contributed by atoms with E-state index in [0.717, 1.165) is 12.6 Å². The maximum atomic E-state index is 5.70. The van der Waals surface area contributed by atoms with Gasteiger partial charge in [0, 0.05) is 29.7 Å². The number of hydrogen-bond donors (Lipinski definition) is 1. The maximum absolute atomic E-state index is 5.70. The lowest BCUT2D eigenvalue weighted by Gasteiger charge is -2.36. The first kappa shape index (κ1) is 15.7. The van der Waals surface area contributed by atoms with Crippen molar-refractivity contribution in [2.75, 3.05) is 5.73 Å². The molecule has 1 aliphatic rings. The molecule has 0 atom stereocenters. The predicted octanol–water partition coefficient (Wildman–Crippen LogP) is 3.69. The van der Waals surface area contributed by atoms with Gasteiger partial charge in [-0.05, 0) is 26.7 Å². The molecule has 0 aliphatic heterocycles. The van der Waals surface area contributed by atoms with Crippen molar-refractivity contribution in [1.29, 1.82) is 0 Å². The van der Waals surface area contributed by atoms with Crippen molar-refractivity contribution in [3.63, 3.8) is 0 Å². The van der Waals surface area contributed by atoms with Gasteiger partial charge < -0.3 is 5.73 Å². The van der Waals surface area contributed by atoms with E-state index in [2.05, 4.69) is 23.7 Å². The number of rotatable bonds is 4. The van der Waals surface area contributed by atoms with Crippen LogP contribution >= 0.6 is 23.7 Å². The number of hydrogen-bond acceptors (Lipinski definition) is 4. The highest BCUT2D eigenvalue weighted by atomic mass is 35.5. The van der Waals surface area contributed by atoms with E-state index in [0.29, 0.717) is 11.2 Å². The molecule has 0 saturated heterocycles. The SMILES string of the molecule is CC(C)N(Cc1cnc(N)s1)C1CCCCC1.Cl. The van der Waals surface area contributed by atoms with Gasteiger partial charge in [-0.1, -0.05) is 19.3 Å². The van der Waals surface area contributed by atoms with Gasteiger partial charge in [-0.3, -0.25) is 4.90 Å². The third kappa shape index (κ3) is 4.11. The highest BCUT2D eigenvalue weighted by Crippen LogP contribution is 2.27. The van der Waals surface area contributed by atoms with E-state index in [1.807, 2.05) is 6.20 Å². The number of nitrogens with two attached hydrogens (primary N) is 1. The van der Waals surface area contributed by atoms with Crippen LogP contribution in [0.3, 0.4) is 0 Å². The number of aromatic nitrogens is 1. The highest BCUT2D eigenvalue weighted by molar-refractivity contribution is 7.15. The van der Waals surface area contributed by atoms with Gasteiger partial charge in [-0.2, -0.15) is 0 Å². The second-order valence-corrected chi connectivity index (χ2v) is 6.37. The van der Waals surface area contributed by atoms with Crippen LogP contribution in [0, 0.1) is 0 Å². The van der Waals surface area contributed by atoms with E-state index in [1.54, 1.807) is 11.3 Å². The smallest absolute Gasteiger partial charge is 0.180 e. The largest absolute Gasteiger partial charge is 0.375 e. The summed E-state index contributed by atoms with van der Waals surface area (Å²) in [7, 11) is 0. The quantitative estimate of drug-likeness (QED) is 0.919. The molecule has 1 fully saturated rings. The van der Waals surface area contributed by atoms with E-state index in [9.17, 15) is 0 Å². The molecule has 2 N–H and O–H groups in total. The Morgan fingerprint density at radius 3 is 2.56 bits per heavy atom. The predicted molar refractivity (Wildman–Crippen MR) is 81.3 cm³/mol. The number of anilines is 1. The molecule has 104 valence electrons. The summed E-state index contributed by atoms with van der Waals surface area (Å²) in [4.78, 5) is 8.05. The number of halogens is 1. The van der Waals surface area contributed by atoms with Crippen molar-refractivity contribution >= 4 is 28.9 Å². The average molecular weight is 290 g/mol. The number of nitrogen functional groups attached to an aromatic ring is 1. The molecule has 0 unspecified atom stereocenters. The Morgan fingerprint density at radius 2 is 2.06 bits per heavy atom. The molecule has 1 aliphatic carbocycles. The lowest BCUT2D eigenvalue weighted by atomic mass is 9.93. The van der Waals surface area contributed by atoms with Crippen LogP contribution in [0.4, 0.5) is 5.13 Å². The molecule has 18 heavy (non-hydrogen) atoms. The van der Waals surface area contributed by atoms with Gasteiger partial charge in [0.1, 0.15) is 0 Å². The topological polar surface area (TPSA) is 42.2 Å². The van der Waals surface area contributed by atoms with Crippen molar-refractivity contribution in [3.05, 3.63) is 11.1 Å². The summed E-state index contributed by atoms with van der Waals surface area (Å²) < 4.78 is 0. The monoisotopic (exact) mass is 289 g/mol. The number of thiazole rings is 1. The highest BCUT2D eigenvalue weighted by Gasteiger charge is 2.23. The van der Waals surface area contributed by atoms with Crippen LogP contribution in [-0.4, -0.2) is 22.0 Å². The van der Waals surface area contributed by atoms with E-state index in [-0.39, 0.29) is 12.4 Å². The lowest BCUT2D eigenvalue weighted by molar-refractivity contribution is 0.113. The van der Waals surface area contributed by atoms with Crippen LogP contribution in [-0.2, 0) is 6.54 Å². The zero-order valence-corrected chi connectivity index (χ0v) is 12.9. The molecule has 1 aromatic rings. The standard InChI is InChI=1S/C13H23N3S.ClH/c1-10(2)16(11-6-4-3-5-7-11)9-12-8-15-13(14)17-12;/h8,10-11H,3-7,9H2,1-2H3,(H2,14,15);1H. The fraction of sp³-hybridized carbons (Fsp3) is 0.769. The average Bonchev–Trinajstić information content (AvgIpc) is 2.73. The molecule has 5 heteroatoms. The van der Waals surface area contributed by atoms with Gasteiger partial charge in [0.15, 0.2) is 5.13 Å². The number of nitrogens with zero attached hydrogens (tertiary/aromatic N) is 2. The Labute approximate surface area is 120 Å². The van der Waals surface area contributed by atoms with E-state index in [1.165, 1.54) is 37.0 Å². The first-order valence-electron chi connectivity index (χ1n) is 6.62. The van der Waals surface area contributed by atoms with Gasteiger partial charge in [0.05, 0.1) is 0 Å². The fourth-order valence-electron chi connectivity index (χ4n) is 2.72. The summed E-state index contributed by atoms with van der Waals surface area (Å²) in [6.45, 7) is 5.59. The van der Waals surface area contributed by atoms with Crippen LogP contribution in [0.1, 0.15) is 50.8 Å². The first-order valence-corrected chi connectivity index (χ1v) is 7.44. The van der Waals surface area contributed by atoms with E-state index >= 15 is 0 Å². The van der Waals surface area contributed by atoms with Crippen molar-refractivity contribution < 1.29 is 0 Å². The van der Waals surface area contributed by atoms with Crippen molar-refractivity contribution in [1.82, 2.24) is 9.88 Å². The van der Waals surface area contributed by atoms with Crippen molar-refractivity contribution in [2.24, 2.45) is 0 Å². The molecule has 2 rings (SSSR count). The van der Waals surface area contributed by atoms with E-state index in [4.69, 9.17) is 5.73 Å². The van der Waals surface area contributed by atoms with Gasteiger partial charge in [0.2, 0.25) is 0 Å². The Kier molecular flexibility index (Phi) is 6.39. The minimum atomic E-state index is 0. The summed E-state index contributed by atoms with van der Waals surface area (Å²) >= 11 is 1.62. The van der Waals surface area contributed by atoms with Gasteiger partial charge in [0.25, 0.3) is 0 Å². The zero-order valence-electron chi connectivity index (χ0n) is 11.3. The second-order valence-electron chi connectivity index (χ2n) is 5.22. The molecule has 0 radical (unpaired) electrons. The molecule has 1 heterocycles. The summed E-state index contributed by atoms with van der Waals surface area (Å²) in [5.74, 6) is 0. The Balaban J connectivity index is 0.00000162. The van der Waals surface area contributed by atoms with Crippen LogP contribution in [0.2, 0.25) is 0 Å². The fourth-order valence-corrected chi connectivity index (χ4v) is 3.41. The molecular formula is C13H24ClN3S. The molecule has 1 saturated carbocycles. The summed E-state index contributed by atoms with van der Waals surface area (Å²) in [6.07, 6.45) is 8.82. The normalized spacial score (nSPS) is 17.1. The van der Waals surface area contributed by atoms with Crippen LogP contribution in [0.15, 0.2) is 6.20 Å². The van der Waals surface area contributed by atoms with Crippen LogP contribution in [0.25, 0.3) is 0 Å². The van der Waals surface area contributed by atoms with Gasteiger partial charge in [-0.25, -0.2) is 4.98 Å².